The minimum Gasteiger partial charge on any atom is -0.361 e. The van der Waals surface area contributed by atoms with E-state index in [0.717, 1.165) is 97.8 Å². The molecule has 1 fully saturated rings. The van der Waals surface area contributed by atoms with Crippen LogP contribution in [-0.4, -0.2) is 80.7 Å². The van der Waals surface area contributed by atoms with Crippen LogP contribution in [0, 0.1) is 6.92 Å². The number of aryl methyl sites for hydroxylation is 1. The van der Waals surface area contributed by atoms with Crippen LogP contribution in [-0.2, 0) is 13.1 Å². The number of carbonyl (C=O) groups is 1. The van der Waals surface area contributed by atoms with E-state index >= 15 is 0 Å². The van der Waals surface area contributed by atoms with Crippen molar-refractivity contribution in [3.05, 3.63) is 99.9 Å². The molecular weight excluding hydrogens is 606 g/mol. The molecule has 0 bridgehead atoms. The fourth-order valence-electron chi connectivity index (χ4n) is 6.37. The van der Waals surface area contributed by atoms with Gasteiger partial charge in [0.2, 0.25) is 0 Å². The summed E-state index contributed by atoms with van der Waals surface area (Å²) in [6.45, 7) is 7.97. The number of amides is 1. The molecule has 0 spiro atoms. The molecule has 3 aromatic heterocycles. The fourth-order valence-corrected chi connectivity index (χ4v) is 6.37. The van der Waals surface area contributed by atoms with Crippen molar-refractivity contribution in [3.8, 4) is 16.9 Å². The van der Waals surface area contributed by atoms with E-state index in [2.05, 4.69) is 25.3 Å². The SMILES string of the molecule is Cc1cc(CN(C(=O)c2ccc(-c3cc4cn(-c5ccc(CN(CCCN)CCCN)cc5)c(=O)nc4[nH]3)cc2)C2CCNCC2)no1. The van der Waals surface area contributed by atoms with Gasteiger partial charge < -0.3 is 31.2 Å². The Morgan fingerprint density at radius 2 is 1.69 bits per heavy atom. The number of H-pyrrole nitrogens is 1. The summed E-state index contributed by atoms with van der Waals surface area (Å²) in [5.74, 6) is 0.692. The van der Waals surface area contributed by atoms with Crippen LogP contribution >= 0.6 is 0 Å². The van der Waals surface area contributed by atoms with E-state index < -0.39 is 0 Å². The van der Waals surface area contributed by atoms with Gasteiger partial charge in [0.05, 0.1) is 12.2 Å². The molecule has 6 N–H and O–H groups in total. The Balaban J connectivity index is 1.18. The topological polar surface area (TPSA) is 164 Å². The van der Waals surface area contributed by atoms with Gasteiger partial charge in [-0.15, -0.1) is 0 Å². The third-order valence-electron chi connectivity index (χ3n) is 8.95. The predicted octanol–water partition coefficient (Wildman–Crippen LogP) is 3.57. The van der Waals surface area contributed by atoms with Crippen molar-refractivity contribution < 1.29 is 9.32 Å². The zero-order valence-corrected chi connectivity index (χ0v) is 27.5. The van der Waals surface area contributed by atoms with Gasteiger partial charge in [0.1, 0.15) is 17.1 Å². The van der Waals surface area contributed by atoms with Crippen LogP contribution in [0.4, 0.5) is 0 Å². The highest BCUT2D eigenvalue weighted by Crippen LogP contribution is 2.25. The minimum absolute atomic E-state index is 0.0331. The molecule has 6 rings (SSSR count). The summed E-state index contributed by atoms with van der Waals surface area (Å²) in [5, 5.41) is 8.32. The predicted molar refractivity (Wildman–Crippen MR) is 187 cm³/mol. The molecule has 0 radical (unpaired) electrons. The third-order valence-corrected chi connectivity index (χ3v) is 8.95. The molecular formula is C36H45N9O3. The maximum Gasteiger partial charge on any atom is 0.354 e. The van der Waals surface area contributed by atoms with E-state index in [-0.39, 0.29) is 17.6 Å². The highest BCUT2D eigenvalue weighted by atomic mass is 16.5. The molecule has 1 aliphatic rings. The number of hydrogen-bond acceptors (Lipinski definition) is 9. The first-order valence-electron chi connectivity index (χ1n) is 16.8. The second-order valence-corrected chi connectivity index (χ2v) is 12.5. The maximum absolute atomic E-state index is 13.8. The molecule has 0 unspecified atom stereocenters. The van der Waals surface area contributed by atoms with Crippen molar-refractivity contribution >= 4 is 16.9 Å². The summed E-state index contributed by atoms with van der Waals surface area (Å²) in [6, 6.07) is 19.5. The lowest BCUT2D eigenvalue weighted by Crippen LogP contribution is -2.45. The number of carbonyl (C=O) groups excluding carboxylic acids is 1. The van der Waals surface area contributed by atoms with Crippen LogP contribution in [0.15, 0.2) is 76.2 Å². The number of hydrogen-bond donors (Lipinski definition) is 4. The number of aromatic amines is 1. The first-order valence-corrected chi connectivity index (χ1v) is 16.8. The van der Waals surface area contributed by atoms with Gasteiger partial charge in [0.15, 0.2) is 0 Å². The molecule has 0 atom stereocenters. The molecule has 1 amide bonds. The minimum atomic E-state index is -0.363. The number of fused-ring (bicyclic) bond motifs is 1. The van der Waals surface area contributed by atoms with Gasteiger partial charge in [-0.25, -0.2) is 4.79 Å². The molecule has 0 saturated carbocycles. The Bertz CT molecular complexity index is 1850. The summed E-state index contributed by atoms with van der Waals surface area (Å²) >= 11 is 0. The average molecular weight is 652 g/mol. The Hall–Kier alpha value is -4.62. The van der Waals surface area contributed by atoms with E-state index in [1.807, 2.05) is 78.7 Å². The summed E-state index contributed by atoms with van der Waals surface area (Å²) < 4.78 is 6.84. The first kappa shape index (κ1) is 33.3. The van der Waals surface area contributed by atoms with Gasteiger partial charge in [0.25, 0.3) is 5.91 Å². The van der Waals surface area contributed by atoms with E-state index in [1.165, 1.54) is 0 Å². The van der Waals surface area contributed by atoms with Crippen LogP contribution in [0.2, 0.25) is 0 Å². The number of aromatic nitrogens is 4. The van der Waals surface area contributed by atoms with Crippen molar-refractivity contribution in [1.82, 2.24) is 34.8 Å². The van der Waals surface area contributed by atoms with E-state index in [4.69, 9.17) is 16.0 Å². The van der Waals surface area contributed by atoms with Crippen molar-refractivity contribution in [2.24, 2.45) is 11.5 Å². The zero-order valence-electron chi connectivity index (χ0n) is 27.5. The van der Waals surface area contributed by atoms with Crippen LogP contribution in [0.3, 0.4) is 0 Å². The molecule has 12 nitrogen and oxygen atoms in total. The molecule has 5 aromatic rings. The van der Waals surface area contributed by atoms with Gasteiger partial charge in [0, 0.05) is 41.5 Å². The van der Waals surface area contributed by atoms with Crippen molar-refractivity contribution in [3.63, 3.8) is 0 Å². The largest absolute Gasteiger partial charge is 0.361 e. The number of nitrogens with one attached hydrogen (secondary N) is 2. The standard InChI is InChI=1S/C36H45N9O3/c1-25-20-30(42-48-25)24-44(32-12-16-39-17-13-32)35(46)28-8-6-27(7-9-28)33-21-29-23-45(36(47)41-34(29)40-33)31-10-4-26(5-11-31)22-43(18-2-14-37)19-3-15-38/h4-11,20-21,23,32,39H,2-3,12-19,22,24,37-38H2,1H3,(H,40,41,47). The monoisotopic (exact) mass is 651 g/mol. The Kier molecular flexibility index (Phi) is 10.8. The van der Waals surface area contributed by atoms with Gasteiger partial charge in [-0.1, -0.05) is 29.4 Å². The van der Waals surface area contributed by atoms with E-state index in [1.54, 1.807) is 4.57 Å². The van der Waals surface area contributed by atoms with Crippen LogP contribution < -0.4 is 22.5 Å². The normalized spacial score (nSPS) is 13.8. The molecule has 1 aliphatic heterocycles. The lowest BCUT2D eigenvalue weighted by molar-refractivity contribution is 0.0618. The smallest absolute Gasteiger partial charge is 0.354 e. The number of nitrogens with two attached hydrogens (primary N) is 2. The van der Waals surface area contributed by atoms with Crippen LogP contribution in [0.5, 0.6) is 0 Å². The Morgan fingerprint density at radius 1 is 0.979 bits per heavy atom. The molecule has 4 heterocycles. The molecule has 2 aromatic carbocycles. The average Bonchev–Trinajstić information content (AvgIpc) is 3.73. The summed E-state index contributed by atoms with van der Waals surface area (Å²) in [5.41, 5.74) is 16.6. The van der Waals surface area contributed by atoms with E-state index in [9.17, 15) is 9.59 Å². The van der Waals surface area contributed by atoms with Gasteiger partial charge >= 0.3 is 5.69 Å². The molecule has 252 valence electrons. The van der Waals surface area contributed by atoms with Crippen molar-refractivity contribution in [2.45, 2.75) is 51.7 Å². The number of benzene rings is 2. The first-order chi connectivity index (χ1) is 23.4. The molecule has 0 aliphatic carbocycles. The summed E-state index contributed by atoms with van der Waals surface area (Å²) in [6.07, 6.45) is 5.46. The second-order valence-electron chi connectivity index (χ2n) is 12.5. The lowest BCUT2D eigenvalue weighted by atomic mass is 10.0. The highest BCUT2D eigenvalue weighted by molar-refractivity contribution is 5.95. The number of nitrogens with zero attached hydrogens (tertiary/aromatic N) is 5. The molecule has 1 saturated heterocycles. The van der Waals surface area contributed by atoms with Crippen LogP contribution in [0.25, 0.3) is 28.0 Å². The highest BCUT2D eigenvalue weighted by Gasteiger charge is 2.27. The second kappa shape index (κ2) is 15.5. The number of piperidine rings is 1. The molecule has 12 heteroatoms. The maximum atomic E-state index is 13.8. The van der Waals surface area contributed by atoms with Crippen LogP contribution in [0.1, 0.15) is 53.1 Å². The summed E-state index contributed by atoms with van der Waals surface area (Å²) in [7, 11) is 0. The molecule has 48 heavy (non-hydrogen) atoms. The van der Waals surface area contributed by atoms with Gasteiger partial charge in [-0.2, -0.15) is 4.98 Å². The van der Waals surface area contributed by atoms with Crippen molar-refractivity contribution in [2.75, 3.05) is 39.3 Å². The zero-order chi connectivity index (χ0) is 33.5. The summed E-state index contributed by atoms with van der Waals surface area (Å²) in [4.78, 5) is 38.8. The quantitative estimate of drug-likeness (QED) is 0.141. The Morgan fingerprint density at radius 3 is 2.33 bits per heavy atom. The lowest BCUT2D eigenvalue weighted by Gasteiger charge is -2.34. The van der Waals surface area contributed by atoms with Gasteiger partial charge in [-0.05, 0) is 113 Å². The fraction of sp³-hybridized carbons (Fsp3) is 0.389. The number of rotatable bonds is 14. The third kappa shape index (κ3) is 7.91. The van der Waals surface area contributed by atoms with Crippen molar-refractivity contribution in [1.29, 1.82) is 0 Å². The van der Waals surface area contributed by atoms with E-state index in [0.29, 0.717) is 30.8 Å². The van der Waals surface area contributed by atoms with Gasteiger partial charge in [-0.3, -0.25) is 14.3 Å². The Labute approximate surface area is 280 Å².